The van der Waals surface area contributed by atoms with Crippen LogP contribution >= 0.6 is 0 Å². The molecule has 0 amide bonds. The van der Waals surface area contributed by atoms with Gasteiger partial charge in [-0.05, 0) is 25.3 Å². The van der Waals surface area contributed by atoms with Crippen LogP contribution in [0.4, 0.5) is 0 Å². The third-order valence-corrected chi connectivity index (χ3v) is 3.53. The van der Waals surface area contributed by atoms with E-state index in [4.69, 9.17) is 9.47 Å². The average molecular weight is 248 g/mol. The van der Waals surface area contributed by atoms with Crippen LogP contribution in [0, 0.1) is 5.92 Å². The van der Waals surface area contributed by atoms with E-state index in [1.165, 1.54) is 18.4 Å². The molecule has 0 radical (unpaired) electrons. The molecule has 0 bridgehead atoms. The van der Waals surface area contributed by atoms with Gasteiger partial charge in [-0.1, -0.05) is 0 Å². The van der Waals surface area contributed by atoms with Crippen LogP contribution in [-0.4, -0.2) is 30.8 Å². The largest absolute Gasteiger partial charge is 0.491 e. The zero-order valence-corrected chi connectivity index (χ0v) is 10.6. The highest BCUT2D eigenvalue weighted by atomic mass is 16.5. The van der Waals surface area contributed by atoms with Gasteiger partial charge in [0.15, 0.2) is 0 Å². The quantitative estimate of drug-likeness (QED) is 0.833. The maximum absolute atomic E-state index is 5.89. The number of aromatic nitrogens is 1. The van der Waals surface area contributed by atoms with Gasteiger partial charge in [0.25, 0.3) is 0 Å². The van der Waals surface area contributed by atoms with Gasteiger partial charge in [0.2, 0.25) is 0 Å². The molecule has 4 heteroatoms. The van der Waals surface area contributed by atoms with E-state index >= 15 is 0 Å². The molecule has 1 aliphatic heterocycles. The van der Waals surface area contributed by atoms with Crippen molar-refractivity contribution >= 4 is 0 Å². The second-order valence-electron chi connectivity index (χ2n) is 5.18. The van der Waals surface area contributed by atoms with Crippen LogP contribution in [0.1, 0.15) is 24.8 Å². The van der Waals surface area contributed by atoms with Crippen molar-refractivity contribution in [3.63, 3.8) is 0 Å². The lowest BCUT2D eigenvalue weighted by molar-refractivity contribution is 0.166. The van der Waals surface area contributed by atoms with Crippen LogP contribution in [-0.2, 0) is 11.3 Å². The first-order valence-corrected chi connectivity index (χ1v) is 6.78. The molecule has 98 valence electrons. The molecule has 1 aromatic heterocycles. The molecule has 1 unspecified atom stereocenters. The molecule has 1 saturated carbocycles. The summed E-state index contributed by atoms with van der Waals surface area (Å²) in [7, 11) is 0. The van der Waals surface area contributed by atoms with Crippen LogP contribution < -0.4 is 10.1 Å². The minimum absolute atomic E-state index is 0.537. The Bertz CT molecular complexity index is 387. The molecule has 3 rings (SSSR count). The van der Waals surface area contributed by atoms with Crippen molar-refractivity contribution in [3.8, 4) is 5.75 Å². The Morgan fingerprint density at radius 1 is 1.39 bits per heavy atom. The molecule has 2 fully saturated rings. The smallest absolute Gasteiger partial charge is 0.142 e. The summed E-state index contributed by atoms with van der Waals surface area (Å²) in [5.41, 5.74) is 1.20. The standard InChI is InChI=1S/C14H20N2O2/c1-2-13(1)16-7-12-3-5-15-8-14(12)18-10-11-4-6-17-9-11/h3,5,8,11,13,16H,1-2,4,6-7,9-10H2. The van der Waals surface area contributed by atoms with Crippen molar-refractivity contribution in [3.05, 3.63) is 24.0 Å². The second kappa shape index (κ2) is 5.67. The molecular formula is C14H20N2O2. The van der Waals surface area contributed by atoms with Crippen LogP contribution in [0.15, 0.2) is 18.5 Å². The Kier molecular flexibility index (Phi) is 3.76. The van der Waals surface area contributed by atoms with E-state index in [-0.39, 0.29) is 0 Å². The first kappa shape index (κ1) is 11.9. The van der Waals surface area contributed by atoms with Gasteiger partial charge in [-0.3, -0.25) is 4.98 Å². The Morgan fingerprint density at radius 3 is 3.11 bits per heavy atom. The monoisotopic (exact) mass is 248 g/mol. The lowest BCUT2D eigenvalue weighted by Crippen LogP contribution is -2.17. The molecule has 0 aromatic carbocycles. The summed E-state index contributed by atoms with van der Waals surface area (Å²) in [6.45, 7) is 3.32. The zero-order chi connectivity index (χ0) is 12.2. The van der Waals surface area contributed by atoms with E-state index in [1.54, 1.807) is 0 Å². The summed E-state index contributed by atoms with van der Waals surface area (Å²) in [4.78, 5) is 4.15. The van der Waals surface area contributed by atoms with Crippen LogP contribution in [0.5, 0.6) is 5.75 Å². The number of rotatable bonds is 6. The number of nitrogens with one attached hydrogen (secondary N) is 1. The third-order valence-electron chi connectivity index (χ3n) is 3.53. The first-order chi connectivity index (χ1) is 8.92. The van der Waals surface area contributed by atoms with Crippen molar-refractivity contribution in [1.29, 1.82) is 0 Å². The van der Waals surface area contributed by atoms with Crippen molar-refractivity contribution in [2.45, 2.75) is 31.8 Å². The topological polar surface area (TPSA) is 43.4 Å². The van der Waals surface area contributed by atoms with E-state index in [0.717, 1.165) is 38.5 Å². The van der Waals surface area contributed by atoms with Gasteiger partial charge in [0.05, 0.1) is 19.4 Å². The van der Waals surface area contributed by atoms with Crippen molar-refractivity contribution in [1.82, 2.24) is 10.3 Å². The molecule has 1 aliphatic carbocycles. The summed E-state index contributed by atoms with van der Waals surface area (Å²) >= 11 is 0. The van der Waals surface area contributed by atoms with Gasteiger partial charge in [0.1, 0.15) is 5.75 Å². The molecule has 2 aliphatic rings. The summed E-state index contributed by atoms with van der Waals surface area (Å²) < 4.78 is 11.2. The van der Waals surface area contributed by atoms with Gasteiger partial charge >= 0.3 is 0 Å². The number of pyridine rings is 1. The van der Waals surface area contributed by atoms with E-state index in [9.17, 15) is 0 Å². The Balaban J connectivity index is 1.55. The third kappa shape index (κ3) is 3.21. The minimum atomic E-state index is 0.537. The minimum Gasteiger partial charge on any atom is -0.491 e. The van der Waals surface area contributed by atoms with Gasteiger partial charge in [-0.25, -0.2) is 0 Å². The molecule has 2 heterocycles. The average Bonchev–Trinajstić information content (AvgIpc) is 3.09. The van der Waals surface area contributed by atoms with Crippen LogP contribution in [0.25, 0.3) is 0 Å². The summed E-state index contributed by atoms with van der Waals surface area (Å²) in [5, 5.41) is 3.51. The fraction of sp³-hybridized carbons (Fsp3) is 0.643. The Labute approximate surface area is 108 Å². The molecule has 18 heavy (non-hydrogen) atoms. The van der Waals surface area contributed by atoms with Crippen molar-refractivity contribution < 1.29 is 9.47 Å². The van der Waals surface area contributed by atoms with Crippen LogP contribution in [0.2, 0.25) is 0 Å². The molecule has 1 saturated heterocycles. The highest BCUT2D eigenvalue weighted by molar-refractivity contribution is 5.29. The highest BCUT2D eigenvalue weighted by Crippen LogP contribution is 2.23. The predicted molar refractivity (Wildman–Crippen MR) is 68.5 cm³/mol. The van der Waals surface area contributed by atoms with Gasteiger partial charge < -0.3 is 14.8 Å². The molecule has 4 nitrogen and oxygen atoms in total. The van der Waals surface area contributed by atoms with Gasteiger partial charge in [-0.15, -0.1) is 0 Å². The molecule has 1 N–H and O–H groups in total. The van der Waals surface area contributed by atoms with Crippen molar-refractivity contribution in [2.24, 2.45) is 5.92 Å². The summed E-state index contributed by atoms with van der Waals surface area (Å²) in [6, 6.07) is 2.75. The molecular weight excluding hydrogens is 228 g/mol. The Morgan fingerprint density at radius 2 is 2.33 bits per heavy atom. The predicted octanol–water partition coefficient (Wildman–Crippen LogP) is 1.75. The lowest BCUT2D eigenvalue weighted by atomic mass is 10.1. The first-order valence-electron chi connectivity index (χ1n) is 6.78. The van der Waals surface area contributed by atoms with Crippen molar-refractivity contribution in [2.75, 3.05) is 19.8 Å². The SMILES string of the molecule is c1cc(CNC2CC2)c(OCC2CCOC2)cn1. The Hall–Kier alpha value is -1.13. The summed E-state index contributed by atoms with van der Waals surface area (Å²) in [5.74, 6) is 1.45. The van der Waals surface area contributed by atoms with E-state index in [1.807, 2.05) is 18.5 Å². The van der Waals surface area contributed by atoms with Gasteiger partial charge in [0, 0.05) is 36.9 Å². The molecule has 1 aromatic rings. The van der Waals surface area contributed by atoms with Gasteiger partial charge in [-0.2, -0.15) is 0 Å². The fourth-order valence-corrected chi connectivity index (χ4v) is 2.15. The maximum atomic E-state index is 5.89. The number of hydrogen-bond acceptors (Lipinski definition) is 4. The second-order valence-corrected chi connectivity index (χ2v) is 5.18. The van der Waals surface area contributed by atoms with E-state index < -0.39 is 0 Å². The summed E-state index contributed by atoms with van der Waals surface area (Å²) in [6.07, 6.45) is 7.37. The van der Waals surface area contributed by atoms with E-state index in [0.29, 0.717) is 12.0 Å². The highest BCUT2D eigenvalue weighted by Gasteiger charge is 2.21. The lowest BCUT2D eigenvalue weighted by Gasteiger charge is -2.13. The zero-order valence-electron chi connectivity index (χ0n) is 10.6. The van der Waals surface area contributed by atoms with Crippen LogP contribution in [0.3, 0.4) is 0 Å². The number of ether oxygens (including phenoxy) is 2. The molecule has 1 atom stereocenters. The normalized spacial score (nSPS) is 23.2. The fourth-order valence-electron chi connectivity index (χ4n) is 2.15. The maximum Gasteiger partial charge on any atom is 0.142 e. The number of hydrogen-bond donors (Lipinski definition) is 1. The molecule has 0 spiro atoms. The number of nitrogens with zero attached hydrogens (tertiary/aromatic N) is 1. The van der Waals surface area contributed by atoms with E-state index in [2.05, 4.69) is 10.3 Å².